The van der Waals surface area contributed by atoms with Crippen LogP contribution >= 0.6 is 24.0 Å². The Morgan fingerprint density at radius 1 is 0.969 bits per heavy atom. The van der Waals surface area contributed by atoms with Crippen molar-refractivity contribution in [1.82, 2.24) is 15.5 Å². The van der Waals surface area contributed by atoms with Crippen molar-refractivity contribution in [3.8, 4) is 0 Å². The number of hydrogen-bond donors (Lipinski definition) is 2. The van der Waals surface area contributed by atoms with Crippen molar-refractivity contribution in [2.45, 2.75) is 32.0 Å². The number of guanidine groups is 1. The Labute approximate surface area is 209 Å². The number of halogens is 1. The van der Waals surface area contributed by atoms with E-state index in [1.807, 2.05) is 7.05 Å². The third-order valence-electron chi connectivity index (χ3n) is 6.19. The lowest BCUT2D eigenvalue weighted by atomic mass is 10.0. The maximum Gasteiger partial charge on any atom is 0.191 e. The number of piperidine rings is 1. The molecule has 4 rings (SSSR count). The Hall–Kier alpha value is -1.84. The van der Waals surface area contributed by atoms with Crippen LogP contribution in [0, 0.1) is 0 Å². The predicted octanol–water partition coefficient (Wildman–Crippen LogP) is 3.47. The molecule has 0 amide bonds. The van der Waals surface area contributed by atoms with Gasteiger partial charge in [-0.15, -0.1) is 24.0 Å². The number of likely N-dealkylation sites (tertiary alicyclic amines) is 1. The lowest BCUT2D eigenvalue weighted by Crippen LogP contribution is -2.48. The maximum absolute atomic E-state index is 5.51. The average molecular weight is 550 g/mol. The molecular weight excluding hydrogens is 513 g/mol. The van der Waals surface area contributed by atoms with Crippen LogP contribution in [-0.4, -0.2) is 63.3 Å². The van der Waals surface area contributed by atoms with Crippen LogP contribution in [0.3, 0.4) is 0 Å². The molecule has 2 N–H and O–H groups in total. The summed E-state index contributed by atoms with van der Waals surface area (Å²) in [4.78, 5) is 9.43. The highest BCUT2D eigenvalue weighted by molar-refractivity contribution is 14.0. The topological polar surface area (TPSA) is 52.1 Å². The first-order valence-electron chi connectivity index (χ1n) is 11.5. The maximum atomic E-state index is 5.51. The van der Waals surface area contributed by atoms with Gasteiger partial charge in [0.15, 0.2) is 5.96 Å². The highest BCUT2D eigenvalue weighted by Gasteiger charge is 2.20. The number of morpholine rings is 1. The molecule has 32 heavy (non-hydrogen) atoms. The zero-order valence-corrected chi connectivity index (χ0v) is 21.3. The van der Waals surface area contributed by atoms with Crippen molar-refractivity contribution in [2.24, 2.45) is 4.99 Å². The first kappa shape index (κ1) is 24.8. The number of nitrogens with one attached hydrogen (secondary N) is 2. The summed E-state index contributed by atoms with van der Waals surface area (Å²) in [6, 6.07) is 19.9. The van der Waals surface area contributed by atoms with Gasteiger partial charge in [-0.25, -0.2) is 0 Å². The van der Waals surface area contributed by atoms with E-state index < -0.39 is 0 Å². The molecule has 2 aromatic rings. The van der Waals surface area contributed by atoms with Crippen LogP contribution < -0.4 is 15.5 Å². The molecule has 0 aromatic heterocycles. The molecule has 2 aliphatic rings. The van der Waals surface area contributed by atoms with Crippen molar-refractivity contribution in [3.05, 3.63) is 65.7 Å². The summed E-state index contributed by atoms with van der Waals surface area (Å²) in [5.74, 6) is 0.887. The minimum atomic E-state index is 0. The average Bonchev–Trinajstić information content (AvgIpc) is 2.84. The minimum Gasteiger partial charge on any atom is -0.378 e. The van der Waals surface area contributed by atoms with E-state index in [9.17, 15) is 0 Å². The van der Waals surface area contributed by atoms with Crippen LogP contribution in [-0.2, 0) is 17.8 Å². The van der Waals surface area contributed by atoms with Crippen LogP contribution in [0.5, 0.6) is 0 Å². The van der Waals surface area contributed by atoms with E-state index in [1.54, 1.807) is 0 Å². The lowest BCUT2D eigenvalue weighted by Gasteiger charge is -2.33. The lowest BCUT2D eigenvalue weighted by molar-refractivity contribution is 0.122. The summed E-state index contributed by atoms with van der Waals surface area (Å²) in [6.07, 6.45) is 2.27. The molecule has 0 spiro atoms. The van der Waals surface area contributed by atoms with Gasteiger partial charge >= 0.3 is 0 Å². The van der Waals surface area contributed by atoms with Gasteiger partial charge < -0.3 is 20.3 Å². The van der Waals surface area contributed by atoms with E-state index in [2.05, 4.69) is 80.0 Å². The van der Waals surface area contributed by atoms with E-state index in [-0.39, 0.29) is 24.0 Å². The summed E-state index contributed by atoms with van der Waals surface area (Å²) in [5.41, 5.74) is 3.98. The summed E-state index contributed by atoms with van der Waals surface area (Å²) >= 11 is 0. The molecule has 2 fully saturated rings. The van der Waals surface area contributed by atoms with E-state index in [4.69, 9.17) is 4.74 Å². The van der Waals surface area contributed by atoms with Gasteiger partial charge in [0.05, 0.1) is 13.2 Å². The second kappa shape index (κ2) is 13.0. The SMILES string of the molecule is CN=C(NCc1ccccc1N1CCOCC1)NC1CCN(Cc2ccccc2)CC1.I. The highest BCUT2D eigenvalue weighted by atomic mass is 127. The molecule has 0 saturated carbocycles. The van der Waals surface area contributed by atoms with Crippen LogP contribution in [0.4, 0.5) is 5.69 Å². The van der Waals surface area contributed by atoms with E-state index >= 15 is 0 Å². The van der Waals surface area contributed by atoms with Crippen LogP contribution in [0.15, 0.2) is 59.6 Å². The Kier molecular flexibility index (Phi) is 10.1. The van der Waals surface area contributed by atoms with Crippen LogP contribution in [0.25, 0.3) is 0 Å². The van der Waals surface area contributed by atoms with Crippen molar-refractivity contribution < 1.29 is 4.74 Å². The highest BCUT2D eigenvalue weighted by Crippen LogP contribution is 2.21. The first-order chi connectivity index (χ1) is 15.3. The fourth-order valence-corrected chi connectivity index (χ4v) is 4.42. The molecule has 0 aliphatic carbocycles. The first-order valence-corrected chi connectivity index (χ1v) is 11.5. The van der Waals surface area contributed by atoms with Gasteiger partial charge in [-0.3, -0.25) is 9.89 Å². The molecule has 2 heterocycles. The summed E-state index contributed by atoms with van der Waals surface area (Å²) in [7, 11) is 1.85. The van der Waals surface area contributed by atoms with Gasteiger partial charge in [0.25, 0.3) is 0 Å². The molecule has 2 saturated heterocycles. The second-order valence-corrected chi connectivity index (χ2v) is 8.33. The molecule has 0 bridgehead atoms. The third-order valence-corrected chi connectivity index (χ3v) is 6.19. The number of nitrogens with zero attached hydrogens (tertiary/aromatic N) is 3. The number of rotatable bonds is 6. The molecule has 0 radical (unpaired) electrons. The largest absolute Gasteiger partial charge is 0.378 e. The Balaban J connectivity index is 0.00000289. The van der Waals surface area contributed by atoms with E-state index in [0.717, 1.165) is 71.3 Å². The van der Waals surface area contributed by atoms with Crippen molar-refractivity contribution in [3.63, 3.8) is 0 Å². The van der Waals surface area contributed by atoms with Crippen LogP contribution in [0.2, 0.25) is 0 Å². The summed E-state index contributed by atoms with van der Waals surface area (Å²) in [5, 5.41) is 7.17. The van der Waals surface area contributed by atoms with Crippen molar-refractivity contribution in [1.29, 1.82) is 0 Å². The summed E-state index contributed by atoms with van der Waals surface area (Å²) in [6.45, 7) is 7.53. The summed E-state index contributed by atoms with van der Waals surface area (Å²) < 4.78 is 5.51. The van der Waals surface area contributed by atoms with Gasteiger partial charge in [-0.1, -0.05) is 48.5 Å². The Morgan fingerprint density at radius 3 is 2.38 bits per heavy atom. The molecule has 0 unspecified atom stereocenters. The number of ether oxygens (including phenoxy) is 1. The number of benzene rings is 2. The predicted molar refractivity (Wildman–Crippen MR) is 143 cm³/mol. The van der Waals surface area contributed by atoms with E-state index in [1.165, 1.54) is 16.8 Å². The van der Waals surface area contributed by atoms with Crippen molar-refractivity contribution >= 4 is 35.6 Å². The minimum absolute atomic E-state index is 0. The monoisotopic (exact) mass is 549 g/mol. The Morgan fingerprint density at radius 2 is 1.66 bits per heavy atom. The molecule has 2 aromatic carbocycles. The third kappa shape index (κ3) is 7.08. The van der Waals surface area contributed by atoms with Gasteiger partial charge in [-0.05, 0) is 30.0 Å². The van der Waals surface area contributed by atoms with Crippen molar-refractivity contribution in [2.75, 3.05) is 51.3 Å². The Bertz CT molecular complexity index is 833. The fourth-order valence-electron chi connectivity index (χ4n) is 4.42. The normalized spacial score (nSPS) is 18.2. The second-order valence-electron chi connectivity index (χ2n) is 8.33. The van der Waals surface area contributed by atoms with Gasteiger partial charge in [0.1, 0.15) is 0 Å². The van der Waals surface area contributed by atoms with Crippen LogP contribution in [0.1, 0.15) is 24.0 Å². The molecule has 174 valence electrons. The van der Waals surface area contributed by atoms with Gasteiger partial charge in [0.2, 0.25) is 0 Å². The van der Waals surface area contributed by atoms with Gasteiger partial charge in [0, 0.05) is 58.0 Å². The molecule has 7 heteroatoms. The molecule has 6 nitrogen and oxygen atoms in total. The zero-order chi connectivity index (χ0) is 21.3. The molecule has 0 atom stereocenters. The van der Waals surface area contributed by atoms with E-state index in [0.29, 0.717) is 6.04 Å². The quantitative estimate of drug-likeness (QED) is 0.329. The van der Waals surface area contributed by atoms with Gasteiger partial charge in [-0.2, -0.15) is 0 Å². The zero-order valence-electron chi connectivity index (χ0n) is 19.0. The standard InChI is InChI=1S/C25H35N5O.HI/c1-26-25(27-19-22-9-5-6-10-24(22)30-15-17-31-18-16-30)28-23-11-13-29(14-12-23)20-21-7-3-2-4-8-21;/h2-10,23H,11-20H2,1H3,(H2,26,27,28);1H. The number of para-hydroxylation sites is 1. The smallest absolute Gasteiger partial charge is 0.191 e. The number of aliphatic imine (C=N–C) groups is 1. The molecule has 2 aliphatic heterocycles. The fraction of sp³-hybridized carbons (Fsp3) is 0.480. The molecular formula is C25H36IN5O. The number of hydrogen-bond acceptors (Lipinski definition) is 4. The number of anilines is 1.